The Morgan fingerprint density at radius 1 is 1.13 bits per heavy atom. The van der Waals surface area contributed by atoms with Crippen LogP contribution in [-0.2, 0) is 10.0 Å². The maximum atomic E-state index is 13.3. The van der Waals surface area contributed by atoms with Crippen molar-refractivity contribution in [3.8, 4) is 23.8 Å². The lowest BCUT2D eigenvalue weighted by molar-refractivity contribution is 0.0735. The summed E-state index contributed by atoms with van der Waals surface area (Å²) in [6.45, 7) is 1.71. The van der Waals surface area contributed by atoms with Crippen molar-refractivity contribution in [3.63, 3.8) is 0 Å². The summed E-state index contributed by atoms with van der Waals surface area (Å²) in [4.78, 5) is 15.1. The van der Waals surface area contributed by atoms with Gasteiger partial charge in [-0.1, -0.05) is 18.1 Å². The lowest BCUT2D eigenvalue weighted by atomic mass is 10.0. The summed E-state index contributed by atoms with van der Waals surface area (Å²) in [5, 5.41) is 0. The van der Waals surface area contributed by atoms with E-state index in [9.17, 15) is 13.2 Å². The number of hydrogen-bond donors (Lipinski definition) is 1. The molecule has 1 atom stereocenters. The van der Waals surface area contributed by atoms with E-state index in [-0.39, 0.29) is 23.4 Å². The average Bonchev–Trinajstić information content (AvgIpc) is 3.16. The SMILES string of the molecule is C#CCNS(=O)(=O)c1cccc(C(=O)N2CCC[C@H]2c2ccc3c(c2)OCCCO3)c1. The van der Waals surface area contributed by atoms with Crippen LogP contribution in [0.1, 0.15) is 41.2 Å². The Morgan fingerprint density at radius 2 is 1.94 bits per heavy atom. The highest BCUT2D eigenvalue weighted by atomic mass is 32.2. The Bertz CT molecular complexity index is 1120. The first kappa shape index (κ1) is 21.2. The minimum absolute atomic E-state index is 0.0138. The van der Waals surface area contributed by atoms with Crippen LogP contribution in [0.5, 0.6) is 11.5 Å². The maximum Gasteiger partial charge on any atom is 0.254 e. The van der Waals surface area contributed by atoms with Gasteiger partial charge >= 0.3 is 0 Å². The predicted molar refractivity (Wildman–Crippen MR) is 116 cm³/mol. The van der Waals surface area contributed by atoms with Crippen LogP contribution in [0.3, 0.4) is 0 Å². The Hall–Kier alpha value is -3.02. The Labute approximate surface area is 182 Å². The number of amides is 1. The van der Waals surface area contributed by atoms with Crippen molar-refractivity contribution in [1.29, 1.82) is 0 Å². The molecule has 0 aromatic heterocycles. The van der Waals surface area contributed by atoms with Gasteiger partial charge in [-0.3, -0.25) is 4.79 Å². The number of nitrogens with zero attached hydrogens (tertiary/aromatic N) is 1. The molecule has 2 heterocycles. The van der Waals surface area contributed by atoms with Gasteiger partial charge in [0.05, 0.1) is 30.7 Å². The first-order chi connectivity index (χ1) is 15.0. The van der Waals surface area contributed by atoms with Gasteiger partial charge in [0.2, 0.25) is 10.0 Å². The van der Waals surface area contributed by atoms with Crippen molar-refractivity contribution >= 4 is 15.9 Å². The third-order valence-corrected chi connectivity index (χ3v) is 6.82. The normalized spacial score (nSPS) is 18.3. The molecule has 0 bridgehead atoms. The van der Waals surface area contributed by atoms with Crippen LogP contribution in [0.15, 0.2) is 47.4 Å². The average molecular weight is 441 g/mol. The fraction of sp³-hybridized carbons (Fsp3) is 0.348. The van der Waals surface area contributed by atoms with Gasteiger partial charge in [-0.2, -0.15) is 4.72 Å². The molecule has 0 saturated carbocycles. The van der Waals surface area contributed by atoms with Gasteiger partial charge in [0.25, 0.3) is 5.91 Å². The summed E-state index contributed by atoms with van der Waals surface area (Å²) < 4.78 is 38.6. The molecule has 0 spiro atoms. The molecule has 0 radical (unpaired) electrons. The van der Waals surface area contributed by atoms with Crippen molar-refractivity contribution in [2.24, 2.45) is 0 Å². The molecule has 2 aromatic carbocycles. The van der Waals surface area contributed by atoms with Gasteiger partial charge in [0, 0.05) is 18.5 Å². The molecule has 0 unspecified atom stereocenters. The molecule has 2 aliphatic rings. The molecule has 1 fully saturated rings. The van der Waals surface area contributed by atoms with Gasteiger partial charge in [-0.05, 0) is 48.7 Å². The third-order valence-electron chi connectivity index (χ3n) is 5.43. The number of hydrogen-bond acceptors (Lipinski definition) is 5. The molecular formula is C23H24N2O5S. The Balaban J connectivity index is 1.58. The monoisotopic (exact) mass is 440 g/mol. The molecule has 31 heavy (non-hydrogen) atoms. The van der Waals surface area contributed by atoms with E-state index in [1.165, 1.54) is 12.1 Å². The van der Waals surface area contributed by atoms with Gasteiger partial charge in [0.1, 0.15) is 0 Å². The van der Waals surface area contributed by atoms with E-state index in [1.54, 1.807) is 17.0 Å². The van der Waals surface area contributed by atoms with E-state index < -0.39 is 10.0 Å². The summed E-state index contributed by atoms with van der Waals surface area (Å²) >= 11 is 0. The Kier molecular flexibility index (Phi) is 6.16. The fourth-order valence-electron chi connectivity index (χ4n) is 3.93. The van der Waals surface area contributed by atoms with Crippen molar-refractivity contribution in [3.05, 3.63) is 53.6 Å². The molecule has 1 N–H and O–H groups in total. The fourth-order valence-corrected chi connectivity index (χ4v) is 4.91. The highest BCUT2D eigenvalue weighted by Crippen LogP contribution is 2.38. The first-order valence-corrected chi connectivity index (χ1v) is 11.7. The van der Waals surface area contributed by atoms with E-state index >= 15 is 0 Å². The number of nitrogens with one attached hydrogen (secondary N) is 1. The van der Waals surface area contributed by atoms with Gasteiger partial charge in [0.15, 0.2) is 11.5 Å². The second-order valence-electron chi connectivity index (χ2n) is 7.47. The second-order valence-corrected chi connectivity index (χ2v) is 9.24. The zero-order valence-corrected chi connectivity index (χ0v) is 17.9. The minimum Gasteiger partial charge on any atom is -0.490 e. The van der Waals surface area contributed by atoms with Crippen molar-refractivity contribution in [1.82, 2.24) is 9.62 Å². The van der Waals surface area contributed by atoms with E-state index in [0.29, 0.717) is 31.1 Å². The third kappa shape index (κ3) is 4.53. The van der Waals surface area contributed by atoms with Crippen LogP contribution in [0.2, 0.25) is 0 Å². The summed E-state index contributed by atoms with van der Waals surface area (Å²) in [5.41, 5.74) is 1.30. The van der Waals surface area contributed by atoms with Crippen molar-refractivity contribution in [2.75, 3.05) is 26.3 Å². The molecule has 1 amide bonds. The number of rotatable bonds is 5. The van der Waals surface area contributed by atoms with E-state index in [1.807, 2.05) is 18.2 Å². The smallest absolute Gasteiger partial charge is 0.254 e. The maximum absolute atomic E-state index is 13.3. The number of sulfonamides is 1. The Morgan fingerprint density at radius 3 is 2.74 bits per heavy atom. The number of carbonyl (C=O) groups is 1. The number of ether oxygens (including phenoxy) is 2. The summed E-state index contributed by atoms with van der Waals surface area (Å²) in [6.07, 6.45) is 7.66. The number of likely N-dealkylation sites (tertiary alicyclic amines) is 1. The standard InChI is InChI=1S/C23H24N2O5S/c1-2-11-24-31(27,28)19-7-3-6-18(15-19)23(26)25-12-4-8-20(25)17-9-10-21-22(16-17)30-14-5-13-29-21/h1,3,6-7,9-10,15-16,20,24H,4-5,8,11-14H2/t20-/m0/s1. The quantitative estimate of drug-likeness (QED) is 0.723. The summed E-state index contributed by atoms with van der Waals surface area (Å²) in [5.74, 6) is 3.45. The van der Waals surface area contributed by atoms with E-state index in [2.05, 4.69) is 10.6 Å². The second kappa shape index (κ2) is 9.00. The highest BCUT2D eigenvalue weighted by molar-refractivity contribution is 7.89. The molecule has 162 valence electrons. The van der Waals surface area contributed by atoms with Crippen LogP contribution in [-0.4, -0.2) is 45.5 Å². The minimum atomic E-state index is -3.78. The molecular weight excluding hydrogens is 416 g/mol. The first-order valence-electron chi connectivity index (χ1n) is 10.2. The lowest BCUT2D eigenvalue weighted by Crippen LogP contribution is -2.31. The van der Waals surface area contributed by atoms with Gasteiger partial charge in [-0.25, -0.2) is 8.42 Å². The van der Waals surface area contributed by atoms with E-state index in [4.69, 9.17) is 15.9 Å². The van der Waals surface area contributed by atoms with Crippen molar-refractivity contribution in [2.45, 2.75) is 30.2 Å². The molecule has 7 nitrogen and oxygen atoms in total. The van der Waals surface area contributed by atoms with Crippen LogP contribution in [0.25, 0.3) is 0 Å². The number of benzene rings is 2. The number of fused-ring (bicyclic) bond motifs is 1. The highest BCUT2D eigenvalue weighted by Gasteiger charge is 2.32. The largest absolute Gasteiger partial charge is 0.490 e. The van der Waals surface area contributed by atoms with Gasteiger partial charge in [-0.15, -0.1) is 6.42 Å². The number of carbonyl (C=O) groups excluding carboxylic acids is 1. The van der Waals surface area contributed by atoms with Crippen LogP contribution >= 0.6 is 0 Å². The molecule has 8 heteroatoms. The van der Waals surface area contributed by atoms with Crippen LogP contribution in [0, 0.1) is 12.3 Å². The summed E-state index contributed by atoms with van der Waals surface area (Å²) in [6, 6.07) is 11.7. The predicted octanol–water partition coefficient (Wildman–Crippen LogP) is 2.74. The molecule has 2 aliphatic heterocycles. The zero-order chi connectivity index (χ0) is 21.8. The van der Waals surface area contributed by atoms with Crippen LogP contribution < -0.4 is 14.2 Å². The molecule has 4 rings (SSSR count). The van der Waals surface area contributed by atoms with Crippen molar-refractivity contribution < 1.29 is 22.7 Å². The number of terminal acetylenes is 1. The summed E-state index contributed by atoms with van der Waals surface area (Å²) in [7, 11) is -3.78. The topological polar surface area (TPSA) is 84.9 Å². The van der Waals surface area contributed by atoms with Crippen LogP contribution in [0.4, 0.5) is 0 Å². The lowest BCUT2D eigenvalue weighted by Gasteiger charge is -2.26. The molecule has 1 saturated heterocycles. The van der Waals surface area contributed by atoms with E-state index in [0.717, 1.165) is 30.6 Å². The molecule has 2 aromatic rings. The molecule has 0 aliphatic carbocycles. The van der Waals surface area contributed by atoms with Gasteiger partial charge < -0.3 is 14.4 Å². The zero-order valence-electron chi connectivity index (χ0n) is 17.0.